The monoisotopic (exact) mass is 253 g/mol. The van der Waals surface area contributed by atoms with Gasteiger partial charge in [0, 0.05) is 6.54 Å². The van der Waals surface area contributed by atoms with Gasteiger partial charge in [0.05, 0.1) is 0 Å². The Hall–Kier alpha value is -0.780. The minimum atomic E-state index is -4.39. The van der Waals surface area contributed by atoms with Crippen molar-refractivity contribution in [3.63, 3.8) is 0 Å². The summed E-state index contributed by atoms with van der Waals surface area (Å²) in [7, 11) is 0. The summed E-state index contributed by atoms with van der Waals surface area (Å²) in [6.07, 6.45) is -0.949. The van der Waals surface area contributed by atoms with E-state index in [1.54, 1.807) is 0 Å². The molecule has 0 unspecified atom stereocenters. The molecule has 0 aromatic rings. The van der Waals surface area contributed by atoms with Crippen LogP contribution in [0, 0.1) is 5.92 Å². The second-order valence-corrected chi connectivity index (χ2v) is 4.46. The maximum Gasteiger partial charge on any atom is 0.411 e. The van der Waals surface area contributed by atoms with Gasteiger partial charge in [0.15, 0.2) is 0 Å². The Labute approximate surface area is 98.7 Å². The van der Waals surface area contributed by atoms with Crippen LogP contribution in [0.5, 0.6) is 0 Å². The summed E-state index contributed by atoms with van der Waals surface area (Å²) in [5, 5.41) is 2.63. The van der Waals surface area contributed by atoms with E-state index in [9.17, 15) is 18.0 Å². The molecule has 0 bridgehead atoms. The van der Waals surface area contributed by atoms with Crippen molar-refractivity contribution >= 4 is 5.91 Å². The van der Waals surface area contributed by atoms with E-state index in [0.717, 1.165) is 12.8 Å². The largest absolute Gasteiger partial charge is 0.411 e. The van der Waals surface area contributed by atoms with E-state index in [4.69, 9.17) is 0 Å². The Balaban J connectivity index is 2.17. The Morgan fingerprint density at radius 1 is 1.41 bits per heavy atom. The van der Waals surface area contributed by atoms with Crippen molar-refractivity contribution in [3.05, 3.63) is 0 Å². The van der Waals surface area contributed by atoms with Crippen molar-refractivity contribution in [1.29, 1.82) is 0 Å². The van der Waals surface area contributed by atoms with Crippen LogP contribution in [0.3, 0.4) is 0 Å². The Kier molecular flexibility index (Phi) is 5.24. The van der Waals surface area contributed by atoms with Crippen LogP contribution in [0.1, 0.15) is 32.6 Å². The molecular weight excluding hydrogens is 235 g/mol. The van der Waals surface area contributed by atoms with Gasteiger partial charge in [0.25, 0.3) is 0 Å². The first-order valence-electron chi connectivity index (χ1n) is 5.84. The molecule has 1 aliphatic carbocycles. The molecule has 0 aliphatic heterocycles. The first kappa shape index (κ1) is 14.3. The number of amides is 1. The third kappa shape index (κ3) is 5.91. The molecule has 6 heteroatoms. The van der Waals surface area contributed by atoms with Gasteiger partial charge in [-0.25, -0.2) is 0 Å². The lowest BCUT2D eigenvalue weighted by Gasteiger charge is -2.16. The Morgan fingerprint density at radius 2 is 2.00 bits per heavy atom. The number of ether oxygens (including phenoxy) is 1. The zero-order valence-corrected chi connectivity index (χ0v) is 9.85. The van der Waals surface area contributed by atoms with E-state index in [0.29, 0.717) is 12.5 Å². The third-order valence-corrected chi connectivity index (χ3v) is 2.91. The molecule has 0 aromatic heterocycles. The van der Waals surface area contributed by atoms with Crippen molar-refractivity contribution in [2.24, 2.45) is 5.92 Å². The summed E-state index contributed by atoms with van der Waals surface area (Å²) in [5.41, 5.74) is 0. The van der Waals surface area contributed by atoms with Crippen LogP contribution in [-0.4, -0.2) is 31.3 Å². The zero-order chi connectivity index (χ0) is 12.9. The van der Waals surface area contributed by atoms with Gasteiger partial charge in [-0.1, -0.05) is 12.8 Å². The summed E-state index contributed by atoms with van der Waals surface area (Å²) in [6, 6.07) is 0. The van der Waals surface area contributed by atoms with Crippen LogP contribution in [0.15, 0.2) is 0 Å². The number of hydrogen-bond acceptors (Lipinski definition) is 2. The highest BCUT2D eigenvalue weighted by molar-refractivity contribution is 5.80. The van der Waals surface area contributed by atoms with E-state index in [-0.39, 0.29) is 0 Å². The molecule has 0 radical (unpaired) electrons. The number of rotatable bonds is 5. The van der Waals surface area contributed by atoms with Crippen LogP contribution in [-0.2, 0) is 9.53 Å². The van der Waals surface area contributed by atoms with Gasteiger partial charge >= 0.3 is 6.18 Å². The smallest absolute Gasteiger partial charge is 0.359 e. The van der Waals surface area contributed by atoms with Crippen LogP contribution in [0.25, 0.3) is 0 Å². The van der Waals surface area contributed by atoms with E-state index in [1.165, 1.54) is 19.8 Å². The predicted octanol–water partition coefficient (Wildman–Crippen LogP) is 2.26. The second-order valence-electron chi connectivity index (χ2n) is 4.46. The lowest BCUT2D eigenvalue weighted by molar-refractivity contribution is -0.185. The number of nitrogens with one attached hydrogen (secondary N) is 1. The SMILES string of the molecule is C[C@@H](OCC(F)(F)F)C(=O)NCC1CCCC1. The molecule has 0 spiro atoms. The molecule has 0 aromatic carbocycles. The molecule has 0 heterocycles. The van der Waals surface area contributed by atoms with Gasteiger partial charge in [-0.3, -0.25) is 4.79 Å². The van der Waals surface area contributed by atoms with Gasteiger partial charge in [0.1, 0.15) is 12.7 Å². The molecule has 1 N–H and O–H groups in total. The molecule has 17 heavy (non-hydrogen) atoms. The quantitative estimate of drug-likeness (QED) is 0.816. The number of alkyl halides is 3. The highest BCUT2D eigenvalue weighted by atomic mass is 19.4. The van der Waals surface area contributed by atoms with Crippen LogP contribution in [0.4, 0.5) is 13.2 Å². The van der Waals surface area contributed by atoms with Crippen molar-refractivity contribution in [3.8, 4) is 0 Å². The topological polar surface area (TPSA) is 38.3 Å². The number of carbonyl (C=O) groups excluding carboxylic acids is 1. The molecule has 1 rings (SSSR count). The average molecular weight is 253 g/mol. The Morgan fingerprint density at radius 3 is 2.53 bits per heavy atom. The molecule has 1 saturated carbocycles. The van der Waals surface area contributed by atoms with Gasteiger partial charge in [-0.05, 0) is 25.7 Å². The highest BCUT2D eigenvalue weighted by Gasteiger charge is 2.30. The number of carbonyl (C=O) groups is 1. The molecular formula is C11H18F3NO2. The average Bonchev–Trinajstić information content (AvgIpc) is 2.74. The normalized spacial score (nSPS) is 19.3. The summed E-state index contributed by atoms with van der Waals surface area (Å²) in [6.45, 7) is 0.485. The zero-order valence-electron chi connectivity index (χ0n) is 9.85. The minimum absolute atomic E-state index is 0.466. The molecule has 3 nitrogen and oxygen atoms in total. The van der Waals surface area contributed by atoms with Gasteiger partial charge < -0.3 is 10.1 Å². The van der Waals surface area contributed by atoms with Crippen molar-refractivity contribution in [1.82, 2.24) is 5.32 Å². The number of hydrogen-bond donors (Lipinski definition) is 1. The van der Waals surface area contributed by atoms with Crippen LogP contribution < -0.4 is 5.32 Å². The van der Waals surface area contributed by atoms with Gasteiger partial charge in [0.2, 0.25) is 5.91 Å². The first-order valence-corrected chi connectivity index (χ1v) is 5.84. The van der Waals surface area contributed by atoms with E-state index in [1.807, 2.05) is 0 Å². The summed E-state index contributed by atoms with van der Waals surface area (Å²) < 4.78 is 40.0. The van der Waals surface area contributed by atoms with Gasteiger partial charge in [-0.15, -0.1) is 0 Å². The van der Waals surface area contributed by atoms with Crippen LogP contribution >= 0.6 is 0 Å². The fourth-order valence-electron chi connectivity index (χ4n) is 1.90. The Bertz CT molecular complexity index is 250. The molecule has 1 fully saturated rings. The number of halogens is 3. The molecule has 0 saturated heterocycles. The van der Waals surface area contributed by atoms with E-state index < -0.39 is 24.8 Å². The molecule has 1 aliphatic rings. The van der Waals surface area contributed by atoms with Crippen molar-refractivity contribution < 1.29 is 22.7 Å². The highest BCUT2D eigenvalue weighted by Crippen LogP contribution is 2.23. The fraction of sp³-hybridized carbons (Fsp3) is 0.909. The maximum atomic E-state index is 11.9. The minimum Gasteiger partial charge on any atom is -0.359 e. The second kappa shape index (κ2) is 6.23. The van der Waals surface area contributed by atoms with Crippen molar-refractivity contribution in [2.75, 3.05) is 13.2 Å². The van der Waals surface area contributed by atoms with E-state index >= 15 is 0 Å². The molecule has 1 amide bonds. The molecule has 100 valence electrons. The van der Waals surface area contributed by atoms with Crippen molar-refractivity contribution in [2.45, 2.75) is 44.9 Å². The molecule has 1 atom stereocenters. The summed E-state index contributed by atoms with van der Waals surface area (Å²) in [5.74, 6) is -0.00471. The predicted molar refractivity (Wildman–Crippen MR) is 56.4 cm³/mol. The lowest BCUT2D eigenvalue weighted by atomic mass is 10.1. The third-order valence-electron chi connectivity index (χ3n) is 2.91. The maximum absolute atomic E-state index is 11.9. The summed E-state index contributed by atoms with van der Waals surface area (Å²) in [4.78, 5) is 11.4. The summed E-state index contributed by atoms with van der Waals surface area (Å²) >= 11 is 0. The van der Waals surface area contributed by atoms with E-state index in [2.05, 4.69) is 10.1 Å². The lowest BCUT2D eigenvalue weighted by Crippen LogP contribution is -2.38. The first-order chi connectivity index (χ1) is 7.88. The van der Waals surface area contributed by atoms with Gasteiger partial charge in [-0.2, -0.15) is 13.2 Å². The standard InChI is InChI=1S/C11H18F3NO2/c1-8(17-7-11(12,13)14)10(16)15-6-9-4-2-3-5-9/h8-9H,2-7H2,1H3,(H,15,16)/t8-/m1/s1. The fourth-order valence-corrected chi connectivity index (χ4v) is 1.90. The van der Waals surface area contributed by atoms with Crippen LogP contribution in [0.2, 0.25) is 0 Å².